The largest absolute Gasteiger partial charge is 0.495 e. The molecule has 0 aliphatic carbocycles. The van der Waals surface area contributed by atoms with E-state index in [0.717, 1.165) is 17.3 Å². The fraction of sp³-hybridized carbons (Fsp3) is 0.526. The van der Waals surface area contributed by atoms with Crippen molar-refractivity contribution in [1.82, 2.24) is 25.7 Å². The molecule has 1 aromatic heterocycles. The first-order chi connectivity index (χ1) is 24.9. The maximum absolute atomic E-state index is 13.6. The van der Waals surface area contributed by atoms with Gasteiger partial charge in [0.1, 0.15) is 11.8 Å². The molecular formula is C38H54ClN5O8S. The minimum absolute atomic E-state index is 0.0568. The Bertz CT molecular complexity index is 1610. The predicted molar refractivity (Wildman–Crippen MR) is 207 cm³/mol. The highest BCUT2D eigenvalue weighted by Gasteiger charge is 2.35. The molecule has 4 atom stereocenters. The Kier molecular flexibility index (Phi) is 18.8. The molecule has 2 aromatic rings. The third-order valence-corrected chi connectivity index (χ3v) is 9.29. The molecule has 0 fully saturated rings. The molecule has 15 heteroatoms. The minimum atomic E-state index is -1.23. The van der Waals surface area contributed by atoms with Crippen LogP contribution in [0.2, 0.25) is 5.02 Å². The van der Waals surface area contributed by atoms with E-state index in [1.54, 1.807) is 49.0 Å². The summed E-state index contributed by atoms with van der Waals surface area (Å²) < 4.78 is 12.6. The van der Waals surface area contributed by atoms with Crippen LogP contribution >= 0.6 is 23.4 Å². The van der Waals surface area contributed by atoms with E-state index < -0.39 is 41.4 Å². The molecule has 0 saturated carbocycles. The number of rotatable bonds is 21. The van der Waals surface area contributed by atoms with Crippen molar-refractivity contribution in [2.45, 2.75) is 79.1 Å². The van der Waals surface area contributed by atoms with Gasteiger partial charge in [-0.3, -0.25) is 28.7 Å². The Morgan fingerprint density at radius 3 is 2.45 bits per heavy atom. The fourth-order valence-corrected chi connectivity index (χ4v) is 5.85. The van der Waals surface area contributed by atoms with Crippen LogP contribution in [0.3, 0.4) is 0 Å². The van der Waals surface area contributed by atoms with Crippen molar-refractivity contribution >= 4 is 58.2 Å². The second-order valence-electron chi connectivity index (χ2n) is 13.9. The monoisotopic (exact) mass is 775 g/mol. The van der Waals surface area contributed by atoms with E-state index >= 15 is 0 Å². The number of ether oxygens (including phenoxy) is 2. The van der Waals surface area contributed by atoms with E-state index in [2.05, 4.69) is 21.0 Å². The van der Waals surface area contributed by atoms with E-state index in [9.17, 15) is 29.1 Å². The number of esters is 1. The summed E-state index contributed by atoms with van der Waals surface area (Å²) in [5.41, 5.74) is 0.317. The zero-order valence-corrected chi connectivity index (χ0v) is 33.4. The number of aliphatic hydroxyl groups is 1. The van der Waals surface area contributed by atoms with E-state index in [0.29, 0.717) is 35.1 Å². The van der Waals surface area contributed by atoms with Gasteiger partial charge in [0, 0.05) is 56.9 Å². The highest BCUT2D eigenvalue weighted by molar-refractivity contribution is 8.13. The summed E-state index contributed by atoms with van der Waals surface area (Å²) in [4.78, 5) is 64.0. The van der Waals surface area contributed by atoms with Crippen LogP contribution in [0.15, 0.2) is 48.8 Å². The highest BCUT2D eigenvalue weighted by Crippen LogP contribution is 2.26. The van der Waals surface area contributed by atoms with E-state index in [1.165, 1.54) is 20.1 Å². The second kappa shape index (κ2) is 22.2. The van der Waals surface area contributed by atoms with Crippen molar-refractivity contribution in [2.24, 2.45) is 24.3 Å². The van der Waals surface area contributed by atoms with Crippen LogP contribution in [0, 0.1) is 17.3 Å². The van der Waals surface area contributed by atoms with Crippen LogP contribution in [-0.4, -0.2) is 87.9 Å². The van der Waals surface area contributed by atoms with Crippen LogP contribution < -0.4 is 20.7 Å². The molecule has 2 rings (SSSR count). The Hall–Kier alpha value is -4.14. The Morgan fingerprint density at radius 2 is 1.85 bits per heavy atom. The number of methoxy groups -OCH3 is 1. The summed E-state index contributed by atoms with van der Waals surface area (Å²) in [6.07, 6.45) is 8.92. The molecular weight excluding hydrogens is 722 g/mol. The number of thioether (sulfide) groups is 1. The number of benzene rings is 1. The van der Waals surface area contributed by atoms with Gasteiger partial charge in [0.2, 0.25) is 22.8 Å². The van der Waals surface area contributed by atoms with Gasteiger partial charge < -0.3 is 30.5 Å². The normalized spacial score (nSPS) is 14.1. The lowest BCUT2D eigenvalue weighted by Crippen LogP contribution is -2.51. The lowest BCUT2D eigenvalue weighted by molar-refractivity contribution is -0.162. The molecule has 1 unspecified atom stereocenters. The molecule has 0 bridgehead atoms. The number of nitrogens with zero attached hydrogens (tertiary/aromatic N) is 2. The van der Waals surface area contributed by atoms with Gasteiger partial charge in [-0.25, -0.2) is 0 Å². The molecule has 4 N–H and O–H groups in total. The van der Waals surface area contributed by atoms with Crippen molar-refractivity contribution < 1.29 is 38.6 Å². The third-order valence-electron chi connectivity index (χ3n) is 8.03. The average Bonchev–Trinajstić information content (AvgIpc) is 3.51. The number of nitrogens with one attached hydrogen (secondary N) is 3. The average molecular weight is 776 g/mol. The summed E-state index contributed by atoms with van der Waals surface area (Å²) in [5.74, 6) is -1.36. The summed E-state index contributed by atoms with van der Waals surface area (Å²) in [6.45, 7) is 10.4. The summed E-state index contributed by atoms with van der Waals surface area (Å²) >= 11 is 7.31. The van der Waals surface area contributed by atoms with Gasteiger partial charge in [-0.15, -0.1) is 0 Å². The van der Waals surface area contributed by atoms with Gasteiger partial charge >= 0.3 is 5.97 Å². The maximum atomic E-state index is 13.6. The Balaban J connectivity index is 2.10. The number of hydrogen-bond donors (Lipinski definition) is 4. The molecule has 0 aliphatic rings. The SMILES string of the molecule is COc1ccc(CC(NC(=O)/C=C/C[C@H](O)[C@H](C)/C=C/c2cnn(C)c2)C(=O)NCC(C)(C)C(=O)O[C@@H](CC(C)C)C(=O)SCCNC(C)=O)cc1Cl. The van der Waals surface area contributed by atoms with Crippen LogP contribution in [0.1, 0.15) is 65.5 Å². The van der Waals surface area contributed by atoms with Crippen molar-refractivity contribution in [3.63, 3.8) is 0 Å². The number of aromatic nitrogens is 2. The quantitative estimate of drug-likeness (QED) is 0.0814. The first-order valence-electron chi connectivity index (χ1n) is 17.5. The molecule has 1 aromatic carbocycles. The van der Waals surface area contributed by atoms with Crippen LogP contribution in [0.25, 0.3) is 6.08 Å². The standard InChI is InChI=1S/C38H54ClN5O8S/c1-24(2)18-33(36(49)53-17-16-40-26(4)45)52-37(50)38(5,6)23-41-35(48)30(20-27-14-15-32(51-8)29(39)19-27)43-34(47)11-9-10-31(46)25(3)12-13-28-21-42-44(7)22-28/h9,11-15,19,21-22,24-25,30-31,33,46H,10,16-18,20,23H2,1-8H3,(H,40,45)(H,41,48)(H,43,47)/b11-9+,13-12+/t25-,30?,31+,33+/m1/s1. The molecule has 3 amide bonds. The highest BCUT2D eigenvalue weighted by atomic mass is 35.5. The number of carbonyl (C=O) groups is 5. The predicted octanol–water partition coefficient (Wildman–Crippen LogP) is 4.26. The molecule has 0 saturated heterocycles. The number of carbonyl (C=O) groups excluding carboxylic acids is 5. The number of halogens is 1. The summed E-state index contributed by atoms with van der Waals surface area (Å²) in [7, 11) is 3.30. The zero-order chi connectivity index (χ0) is 39.7. The summed E-state index contributed by atoms with van der Waals surface area (Å²) in [6, 6.07) is 3.96. The Labute approximate surface area is 321 Å². The lowest BCUT2D eigenvalue weighted by atomic mass is 9.93. The smallest absolute Gasteiger partial charge is 0.314 e. The van der Waals surface area contributed by atoms with Gasteiger partial charge in [-0.1, -0.05) is 68.4 Å². The second-order valence-corrected chi connectivity index (χ2v) is 15.4. The van der Waals surface area contributed by atoms with Crippen molar-refractivity contribution in [2.75, 3.05) is 26.0 Å². The van der Waals surface area contributed by atoms with E-state index in [1.807, 2.05) is 46.2 Å². The van der Waals surface area contributed by atoms with Crippen molar-refractivity contribution in [3.05, 3.63) is 65.0 Å². The van der Waals surface area contributed by atoms with Gasteiger partial charge in [-0.05, 0) is 56.4 Å². The van der Waals surface area contributed by atoms with E-state index in [-0.39, 0.29) is 42.2 Å². The number of hydrogen-bond acceptors (Lipinski definition) is 10. The minimum Gasteiger partial charge on any atom is -0.495 e. The molecule has 0 aliphatic heterocycles. The molecule has 0 radical (unpaired) electrons. The topological polar surface area (TPSA) is 178 Å². The van der Waals surface area contributed by atoms with Crippen LogP contribution in [0.4, 0.5) is 0 Å². The van der Waals surface area contributed by atoms with Gasteiger partial charge in [-0.2, -0.15) is 5.10 Å². The summed E-state index contributed by atoms with van der Waals surface area (Å²) in [5, 5.41) is 22.9. The first-order valence-corrected chi connectivity index (χ1v) is 18.8. The molecule has 13 nitrogen and oxygen atoms in total. The van der Waals surface area contributed by atoms with Gasteiger partial charge in [0.05, 0.1) is 29.8 Å². The fourth-order valence-electron chi connectivity index (χ4n) is 4.83. The molecule has 1 heterocycles. The van der Waals surface area contributed by atoms with Crippen LogP contribution in [-0.2, 0) is 42.2 Å². The van der Waals surface area contributed by atoms with E-state index in [4.69, 9.17) is 21.1 Å². The van der Waals surface area contributed by atoms with Crippen molar-refractivity contribution in [1.29, 1.82) is 0 Å². The van der Waals surface area contributed by atoms with Gasteiger partial charge in [0.15, 0.2) is 6.10 Å². The first kappa shape index (κ1) is 45.0. The Morgan fingerprint density at radius 1 is 1.13 bits per heavy atom. The molecule has 292 valence electrons. The maximum Gasteiger partial charge on any atom is 0.314 e. The number of aliphatic hydroxyl groups excluding tert-OH is 1. The van der Waals surface area contributed by atoms with Crippen LogP contribution in [0.5, 0.6) is 5.75 Å². The number of aryl methyl sites for hydroxylation is 1. The van der Waals surface area contributed by atoms with Gasteiger partial charge in [0.25, 0.3) is 0 Å². The third kappa shape index (κ3) is 16.6. The number of amides is 3. The van der Waals surface area contributed by atoms with Crippen molar-refractivity contribution in [3.8, 4) is 5.75 Å². The zero-order valence-electron chi connectivity index (χ0n) is 31.8. The molecule has 53 heavy (non-hydrogen) atoms. The molecule has 0 spiro atoms. The lowest BCUT2D eigenvalue weighted by Gasteiger charge is -2.27.